The molecule has 4 nitrogen and oxygen atoms in total. The molecule has 300 valence electrons. The van der Waals surface area contributed by atoms with Crippen molar-refractivity contribution in [1.82, 2.24) is 19.9 Å². The van der Waals surface area contributed by atoms with Gasteiger partial charge in [0.05, 0.1) is 11.1 Å². The van der Waals surface area contributed by atoms with E-state index in [1.54, 1.807) is 48.5 Å². The number of fused-ring (bicyclic) bond motifs is 8. The molecule has 1 aliphatic rings. The molecular weight excluding hydrogens is 799 g/mol. The van der Waals surface area contributed by atoms with Crippen LogP contribution in [0.15, 0.2) is 97.1 Å². The van der Waals surface area contributed by atoms with Crippen LogP contribution in [-0.2, 0) is 0 Å². The third-order valence-electron chi connectivity index (χ3n) is 10.5. The van der Waals surface area contributed by atoms with Crippen molar-refractivity contribution in [2.24, 2.45) is 0 Å². The summed E-state index contributed by atoms with van der Waals surface area (Å²) in [6.07, 6.45) is 0. The zero-order valence-electron chi connectivity index (χ0n) is 31.0. The predicted octanol–water partition coefficient (Wildman–Crippen LogP) is 8.31. The molecule has 0 unspecified atom stereocenters. The van der Waals surface area contributed by atoms with Crippen molar-refractivity contribution in [2.75, 3.05) is 0 Å². The van der Waals surface area contributed by atoms with E-state index in [4.69, 9.17) is 0 Å². The second-order valence-electron chi connectivity index (χ2n) is 14.3. The van der Waals surface area contributed by atoms with Gasteiger partial charge in [0.2, 0.25) is 11.6 Å². The van der Waals surface area contributed by atoms with Crippen LogP contribution in [0, 0.1) is 72.0 Å². The summed E-state index contributed by atoms with van der Waals surface area (Å²) in [6, 6.07) is 25.5. The number of aromatic nitrogens is 4. The van der Waals surface area contributed by atoms with E-state index in [1.807, 2.05) is 13.8 Å². The van der Waals surface area contributed by atoms with Crippen LogP contribution in [-0.4, -0.2) is 19.9 Å². The summed E-state index contributed by atoms with van der Waals surface area (Å²) < 4.78 is 152. The maximum atomic E-state index is 15.8. The Kier molecular flexibility index (Phi) is 9.10. The van der Waals surface area contributed by atoms with Gasteiger partial charge in [-0.15, -0.1) is 0 Å². The molecule has 1 aliphatic heterocycles. The molecule has 0 spiro atoms. The van der Waals surface area contributed by atoms with E-state index in [0.717, 1.165) is 11.1 Å². The lowest BCUT2D eigenvalue weighted by Gasteiger charge is -2.13. The Hall–Kier alpha value is -7.22. The molecule has 60 heavy (non-hydrogen) atoms. The van der Waals surface area contributed by atoms with E-state index in [2.05, 4.69) is 19.9 Å². The van der Waals surface area contributed by atoms with Gasteiger partial charge in [0, 0.05) is 66.5 Å². The topological polar surface area (TPSA) is 63.2 Å². The number of aryl methyl sites for hydroxylation is 2. The molecule has 0 saturated carbocycles. The molecule has 9 rings (SSSR count). The maximum Gasteiger partial charge on any atom is 0.200 e. The van der Waals surface area contributed by atoms with E-state index >= 15 is 17.6 Å². The van der Waals surface area contributed by atoms with Gasteiger partial charge in [0.25, 0.3) is 0 Å². The van der Waals surface area contributed by atoms with E-state index in [1.165, 1.54) is 48.5 Å². The monoisotopic (exact) mass is 824 g/mol. The first-order valence-electron chi connectivity index (χ1n) is 18.2. The Balaban J connectivity index is 1.49. The number of hydrogen-bond donors (Lipinski definition) is 4. The predicted molar refractivity (Wildman–Crippen MR) is 203 cm³/mol. The second kappa shape index (κ2) is 14.3. The fourth-order valence-corrected chi connectivity index (χ4v) is 7.58. The molecule has 0 atom stereocenters. The van der Waals surface area contributed by atoms with E-state index in [-0.39, 0.29) is 44.2 Å². The van der Waals surface area contributed by atoms with Crippen molar-refractivity contribution in [2.45, 2.75) is 13.8 Å². The van der Waals surface area contributed by atoms with Gasteiger partial charge in [-0.1, -0.05) is 59.7 Å². The van der Waals surface area contributed by atoms with Crippen LogP contribution < -0.4 is 21.4 Å². The fourth-order valence-electron chi connectivity index (χ4n) is 7.58. The van der Waals surface area contributed by atoms with E-state index in [9.17, 15) is 26.3 Å². The van der Waals surface area contributed by atoms with Crippen molar-refractivity contribution in [3.05, 3.63) is 233 Å². The maximum absolute atomic E-state index is 15.8. The van der Waals surface area contributed by atoms with Gasteiger partial charge < -0.3 is 19.9 Å². The van der Waals surface area contributed by atoms with Crippen molar-refractivity contribution in [3.63, 3.8) is 0 Å². The second-order valence-corrected chi connectivity index (χ2v) is 14.3. The van der Waals surface area contributed by atoms with Gasteiger partial charge in [-0.25, -0.2) is 43.9 Å². The number of benzene rings is 4. The highest BCUT2D eigenvalue weighted by Gasteiger charge is 2.32. The van der Waals surface area contributed by atoms with Crippen LogP contribution in [0.25, 0.3) is 22.3 Å². The summed E-state index contributed by atoms with van der Waals surface area (Å²) in [7, 11) is 0. The first-order valence-corrected chi connectivity index (χ1v) is 18.2. The van der Waals surface area contributed by atoms with E-state index in [0.29, 0.717) is 22.3 Å². The lowest BCUT2D eigenvalue weighted by Crippen LogP contribution is -2.21. The zero-order chi connectivity index (χ0) is 42.3. The van der Waals surface area contributed by atoms with Crippen LogP contribution in [0.4, 0.5) is 43.9 Å². The summed E-state index contributed by atoms with van der Waals surface area (Å²) in [5, 5.41) is 0.291. The molecular formula is C46H26F10N4. The lowest BCUT2D eigenvalue weighted by molar-refractivity contribution is 0.376. The molecule has 4 aromatic carbocycles. The molecule has 14 heteroatoms. The molecule has 0 aliphatic carbocycles. The Morgan fingerprint density at radius 3 is 0.817 bits per heavy atom. The van der Waals surface area contributed by atoms with Gasteiger partial charge in [-0.05, 0) is 73.5 Å². The van der Waals surface area contributed by atoms with Crippen molar-refractivity contribution in [3.8, 4) is 0 Å². The quantitative estimate of drug-likeness (QED) is 0.0785. The summed E-state index contributed by atoms with van der Waals surface area (Å²) in [6.45, 7) is 3.67. The first-order chi connectivity index (χ1) is 28.7. The third kappa shape index (κ3) is 6.00. The van der Waals surface area contributed by atoms with Gasteiger partial charge in [-0.2, -0.15) is 0 Å². The minimum Gasteiger partial charge on any atom is -0.354 e. The van der Waals surface area contributed by atoms with Gasteiger partial charge >= 0.3 is 0 Å². The zero-order valence-corrected chi connectivity index (χ0v) is 31.0. The third-order valence-corrected chi connectivity index (χ3v) is 10.5. The normalized spacial score (nSPS) is 12.9. The van der Waals surface area contributed by atoms with Gasteiger partial charge in [0.1, 0.15) is 0 Å². The Morgan fingerprint density at radius 2 is 0.517 bits per heavy atom. The summed E-state index contributed by atoms with van der Waals surface area (Å²) in [5.41, 5.74) is 0.459. The van der Waals surface area contributed by atoms with Crippen LogP contribution in [0.2, 0.25) is 0 Å². The molecule has 0 amide bonds. The SMILES string of the molecule is Cc1ccc(C2=c3ccc([nH]3)=C(c3c(F)c(F)c(F)c(F)c3F)c3ccc([nH]3)C(c3ccc(C)cc3)=c3ccc([nH]3)=C(c3c(F)c(F)c(F)c(F)c3F)c3ccc2[nH]3)cc1. The molecule has 4 N–H and O–H groups in total. The van der Waals surface area contributed by atoms with Crippen molar-refractivity contribution in [1.29, 1.82) is 0 Å². The first kappa shape index (κ1) is 38.3. The Bertz CT molecular complexity index is 3050. The number of H-pyrrole nitrogens is 4. The van der Waals surface area contributed by atoms with Gasteiger partial charge in [0.15, 0.2) is 46.5 Å². The van der Waals surface area contributed by atoms with Crippen LogP contribution in [0.5, 0.6) is 0 Å². The average molecular weight is 825 g/mol. The minimum absolute atomic E-state index is 0.0854. The molecule has 8 bridgehead atoms. The fraction of sp³-hybridized carbons (Fsp3) is 0.0435. The summed E-state index contributed by atoms with van der Waals surface area (Å²) >= 11 is 0. The van der Waals surface area contributed by atoms with E-state index < -0.39 is 80.4 Å². The lowest BCUT2D eigenvalue weighted by atomic mass is 10.00. The summed E-state index contributed by atoms with van der Waals surface area (Å²) in [4.78, 5) is 12.3. The standard InChI is InChI=1S/C46H26F10N4/c1-19-3-7-21(8-4-19)31-23-11-15-27(57-23)33(35-37(47)41(51)45(55)42(52)38(35)48)29-17-13-25(59-29)32(22-9-5-20(2)6-10-22)26-14-18-30(60-26)34(28-16-12-24(31)58-28)36-39(49)43(53)46(56)44(54)40(36)50/h3-18,57-60H,1-2H3. The Morgan fingerprint density at radius 1 is 0.267 bits per heavy atom. The average Bonchev–Trinajstić information content (AvgIpc) is 4.09. The molecule has 0 fully saturated rings. The number of nitrogens with one attached hydrogen (secondary N) is 4. The minimum atomic E-state index is -2.33. The van der Waals surface area contributed by atoms with Gasteiger partial charge in [-0.3, -0.25) is 0 Å². The van der Waals surface area contributed by atoms with Crippen molar-refractivity contribution >= 4 is 22.3 Å². The molecule has 0 radical (unpaired) electrons. The summed E-state index contributed by atoms with van der Waals surface area (Å²) in [5.74, 6) is -21.6. The number of rotatable bonds is 4. The van der Waals surface area contributed by atoms with Crippen LogP contribution in [0.1, 0.15) is 56.2 Å². The number of hydrogen-bond acceptors (Lipinski definition) is 0. The number of halogens is 10. The van der Waals surface area contributed by atoms with Crippen LogP contribution >= 0.6 is 0 Å². The largest absolute Gasteiger partial charge is 0.354 e. The van der Waals surface area contributed by atoms with Crippen LogP contribution in [0.3, 0.4) is 0 Å². The highest BCUT2D eigenvalue weighted by molar-refractivity contribution is 5.85. The molecule has 4 aromatic heterocycles. The molecule has 8 aromatic rings. The smallest absolute Gasteiger partial charge is 0.200 e. The molecule has 5 heterocycles. The number of aromatic amines is 4. The highest BCUT2D eigenvalue weighted by atomic mass is 19.2. The molecule has 0 saturated heterocycles. The highest BCUT2D eigenvalue weighted by Crippen LogP contribution is 2.34. The Labute approximate surface area is 332 Å². The van der Waals surface area contributed by atoms with Crippen molar-refractivity contribution < 1.29 is 43.9 Å².